The molecule has 7 nitrogen and oxygen atoms in total. The number of ether oxygens (including phenoxy) is 1. The minimum absolute atomic E-state index is 0.188. The largest absolute Gasteiger partial charge is 0.424 e. The standard InChI is InChI=1S/C21H20ClFN4O3S2/c1-4-27-19(24-25-21(27)30-16-8-6-15(23)7-9-16)13(3)26-32(28,29)20-12(2)17-11-14(22)5-10-18(17)31-20/h5-11,13,26H,4H2,1-3H3/t13-/m1/s1. The smallest absolute Gasteiger partial charge is 0.322 e. The van der Waals surface area contributed by atoms with Gasteiger partial charge >= 0.3 is 6.01 Å². The summed E-state index contributed by atoms with van der Waals surface area (Å²) >= 11 is 7.26. The van der Waals surface area contributed by atoms with E-state index < -0.39 is 16.1 Å². The van der Waals surface area contributed by atoms with Crippen LogP contribution in [0.15, 0.2) is 46.7 Å². The molecule has 4 rings (SSSR count). The summed E-state index contributed by atoms with van der Waals surface area (Å²) in [6.07, 6.45) is 0. The molecule has 168 valence electrons. The summed E-state index contributed by atoms with van der Waals surface area (Å²) in [4.78, 5) is 0. The summed E-state index contributed by atoms with van der Waals surface area (Å²) in [5.74, 6) is 0.416. The molecular formula is C21H20ClFN4O3S2. The molecule has 4 aromatic rings. The van der Waals surface area contributed by atoms with Gasteiger partial charge in [0.2, 0.25) is 0 Å². The van der Waals surface area contributed by atoms with Crippen LogP contribution in [0.25, 0.3) is 10.1 Å². The normalized spacial score (nSPS) is 12.9. The molecule has 0 spiro atoms. The summed E-state index contributed by atoms with van der Waals surface area (Å²) in [5.41, 5.74) is 0.643. The number of fused-ring (bicyclic) bond motifs is 1. The summed E-state index contributed by atoms with van der Waals surface area (Å²) in [6, 6.07) is 10.3. The predicted molar refractivity (Wildman–Crippen MR) is 122 cm³/mol. The van der Waals surface area contributed by atoms with Crippen LogP contribution in [-0.4, -0.2) is 23.2 Å². The van der Waals surface area contributed by atoms with Crippen LogP contribution in [0.5, 0.6) is 11.8 Å². The number of nitrogens with zero attached hydrogens (tertiary/aromatic N) is 3. The van der Waals surface area contributed by atoms with Gasteiger partial charge in [-0.1, -0.05) is 16.7 Å². The topological polar surface area (TPSA) is 86.1 Å². The van der Waals surface area contributed by atoms with Crippen LogP contribution >= 0.6 is 22.9 Å². The molecule has 1 atom stereocenters. The van der Waals surface area contributed by atoms with E-state index in [0.29, 0.717) is 28.7 Å². The Labute approximate surface area is 193 Å². The Kier molecular flexibility index (Phi) is 6.22. The molecule has 0 radical (unpaired) electrons. The predicted octanol–water partition coefficient (Wildman–Crippen LogP) is 5.45. The first-order valence-corrected chi connectivity index (χ1v) is 12.4. The number of sulfonamides is 1. The molecule has 0 bridgehead atoms. The van der Waals surface area contributed by atoms with Crippen molar-refractivity contribution < 1.29 is 17.5 Å². The highest BCUT2D eigenvalue weighted by molar-refractivity contribution is 7.91. The second kappa shape index (κ2) is 8.78. The molecule has 32 heavy (non-hydrogen) atoms. The molecular weight excluding hydrogens is 475 g/mol. The minimum atomic E-state index is -3.83. The molecule has 11 heteroatoms. The lowest BCUT2D eigenvalue weighted by Crippen LogP contribution is -2.28. The van der Waals surface area contributed by atoms with E-state index in [-0.39, 0.29) is 16.0 Å². The van der Waals surface area contributed by atoms with E-state index in [1.807, 2.05) is 13.0 Å². The van der Waals surface area contributed by atoms with Crippen molar-refractivity contribution in [3.63, 3.8) is 0 Å². The van der Waals surface area contributed by atoms with Crippen molar-refractivity contribution in [2.24, 2.45) is 0 Å². The Hall–Kier alpha value is -2.53. The van der Waals surface area contributed by atoms with Crippen molar-refractivity contribution in [1.82, 2.24) is 19.5 Å². The van der Waals surface area contributed by atoms with Crippen molar-refractivity contribution in [2.75, 3.05) is 0 Å². The first-order chi connectivity index (χ1) is 15.2. The van der Waals surface area contributed by atoms with Crippen LogP contribution in [-0.2, 0) is 16.6 Å². The van der Waals surface area contributed by atoms with Gasteiger partial charge in [-0.05, 0) is 74.2 Å². The number of hydrogen-bond donors (Lipinski definition) is 1. The summed E-state index contributed by atoms with van der Waals surface area (Å²) < 4.78 is 50.6. The van der Waals surface area contributed by atoms with Gasteiger partial charge in [0.15, 0.2) is 5.82 Å². The SMILES string of the molecule is CCn1c(Oc2ccc(F)cc2)nnc1[C@@H](C)NS(=O)(=O)c1sc2ccc(Cl)cc2c1C. The maximum absolute atomic E-state index is 13.2. The molecule has 1 N–H and O–H groups in total. The molecule has 0 fully saturated rings. The number of rotatable bonds is 7. The molecule has 2 aromatic heterocycles. The number of aromatic nitrogens is 3. The van der Waals surface area contributed by atoms with E-state index in [9.17, 15) is 12.8 Å². The molecule has 0 aliphatic heterocycles. The highest BCUT2D eigenvalue weighted by Crippen LogP contribution is 2.36. The van der Waals surface area contributed by atoms with Gasteiger partial charge in [0.05, 0.1) is 6.04 Å². The van der Waals surface area contributed by atoms with E-state index in [4.69, 9.17) is 16.3 Å². The second-order valence-corrected chi connectivity index (χ2v) is 10.5. The summed E-state index contributed by atoms with van der Waals surface area (Å²) in [7, 11) is -3.83. The fourth-order valence-electron chi connectivity index (χ4n) is 3.37. The van der Waals surface area contributed by atoms with Crippen molar-refractivity contribution >= 4 is 43.0 Å². The monoisotopic (exact) mass is 494 g/mol. The molecule has 0 aliphatic carbocycles. The molecule has 2 aromatic carbocycles. The highest BCUT2D eigenvalue weighted by atomic mass is 35.5. The zero-order valence-corrected chi connectivity index (χ0v) is 19.9. The maximum Gasteiger partial charge on any atom is 0.322 e. The average Bonchev–Trinajstić information content (AvgIpc) is 3.30. The third kappa shape index (κ3) is 4.36. The van der Waals surface area contributed by atoms with Crippen LogP contribution in [0, 0.1) is 12.7 Å². The third-order valence-corrected chi connectivity index (χ3v) is 8.57. The van der Waals surface area contributed by atoms with Crippen LogP contribution in [0.3, 0.4) is 0 Å². The highest BCUT2D eigenvalue weighted by Gasteiger charge is 2.27. The Balaban J connectivity index is 1.61. The van der Waals surface area contributed by atoms with Crippen molar-refractivity contribution in [3.05, 3.63) is 64.7 Å². The van der Waals surface area contributed by atoms with Gasteiger partial charge in [-0.2, -0.15) is 4.72 Å². The molecule has 2 heterocycles. The first-order valence-electron chi connectivity index (χ1n) is 9.77. The zero-order valence-electron chi connectivity index (χ0n) is 17.5. The Bertz CT molecular complexity index is 1380. The summed E-state index contributed by atoms with van der Waals surface area (Å²) in [6.45, 7) is 5.77. The number of nitrogens with one attached hydrogen (secondary N) is 1. The second-order valence-electron chi connectivity index (χ2n) is 7.14. The lowest BCUT2D eigenvalue weighted by atomic mass is 10.2. The molecule has 0 aliphatic rings. The molecule has 0 saturated heterocycles. The number of benzene rings is 2. The lowest BCUT2D eigenvalue weighted by molar-refractivity contribution is 0.407. The number of halogens is 2. The van der Waals surface area contributed by atoms with Gasteiger partial charge in [0.1, 0.15) is 15.8 Å². The maximum atomic E-state index is 13.2. The fourth-order valence-corrected chi connectivity index (χ4v) is 6.50. The van der Waals surface area contributed by atoms with Crippen molar-refractivity contribution in [2.45, 2.75) is 37.6 Å². The van der Waals surface area contributed by atoms with Gasteiger partial charge in [0, 0.05) is 16.3 Å². The number of aryl methyl sites for hydroxylation is 1. The van der Waals surface area contributed by atoms with Gasteiger partial charge < -0.3 is 4.74 Å². The van der Waals surface area contributed by atoms with Gasteiger partial charge in [-0.25, -0.2) is 12.8 Å². The zero-order chi connectivity index (χ0) is 23.0. The quantitative estimate of drug-likeness (QED) is 0.369. The molecule has 0 amide bonds. The Morgan fingerprint density at radius 1 is 1.22 bits per heavy atom. The lowest BCUT2D eigenvalue weighted by Gasteiger charge is -2.15. The third-order valence-electron chi connectivity index (χ3n) is 4.90. The van der Waals surface area contributed by atoms with Gasteiger partial charge in [-0.3, -0.25) is 4.57 Å². The van der Waals surface area contributed by atoms with Crippen LogP contribution < -0.4 is 9.46 Å². The molecule has 0 unspecified atom stereocenters. The van der Waals surface area contributed by atoms with E-state index in [1.54, 1.807) is 30.5 Å². The van der Waals surface area contributed by atoms with Crippen LogP contribution in [0.4, 0.5) is 4.39 Å². The van der Waals surface area contributed by atoms with Gasteiger partial charge in [-0.15, -0.1) is 16.4 Å². The number of hydrogen-bond acceptors (Lipinski definition) is 6. The van der Waals surface area contributed by atoms with E-state index in [2.05, 4.69) is 14.9 Å². The first kappa shape index (κ1) is 22.7. The number of thiophene rings is 1. The summed E-state index contributed by atoms with van der Waals surface area (Å²) in [5, 5.41) is 9.53. The average molecular weight is 495 g/mol. The van der Waals surface area contributed by atoms with Crippen molar-refractivity contribution in [1.29, 1.82) is 0 Å². The van der Waals surface area contributed by atoms with E-state index in [0.717, 1.165) is 10.1 Å². The van der Waals surface area contributed by atoms with Crippen molar-refractivity contribution in [3.8, 4) is 11.8 Å². The van der Waals surface area contributed by atoms with E-state index >= 15 is 0 Å². The van der Waals surface area contributed by atoms with Crippen LogP contribution in [0.1, 0.15) is 31.3 Å². The fraction of sp³-hybridized carbons (Fsp3) is 0.238. The van der Waals surface area contributed by atoms with E-state index in [1.165, 1.54) is 35.6 Å². The minimum Gasteiger partial charge on any atom is -0.424 e. The Morgan fingerprint density at radius 3 is 2.62 bits per heavy atom. The van der Waals surface area contributed by atoms with Gasteiger partial charge in [0.25, 0.3) is 10.0 Å². The molecule has 0 saturated carbocycles. The van der Waals surface area contributed by atoms with Crippen LogP contribution in [0.2, 0.25) is 5.02 Å². The Morgan fingerprint density at radius 2 is 1.94 bits per heavy atom.